The van der Waals surface area contributed by atoms with Crippen LogP contribution in [-0.2, 0) is 10.0 Å². The number of pyridine rings is 1. The number of nitrogens with zero attached hydrogens (tertiary/aromatic N) is 3. The van der Waals surface area contributed by atoms with Crippen LogP contribution in [0.25, 0.3) is 11.1 Å². The third-order valence-corrected chi connectivity index (χ3v) is 6.48. The van der Waals surface area contributed by atoms with E-state index in [1.54, 1.807) is 12.1 Å². The van der Waals surface area contributed by atoms with Gasteiger partial charge in [-0.25, -0.2) is 18.9 Å². The van der Waals surface area contributed by atoms with Gasteiger partial charge in [-0.05, 0) is 68.0 Å². The molecule has 2 amide bonds. The van der Waals surface area contributed by atoms with E-state index < -0.39 is 21.9 Å². The van der Waals surface area contributed by atoms with Crippen molar-refractivity contribution in [3.05, 3.63) is 54.1 Å². The van der Waals surface area contributed by atoms with Crippen LogP contribution >= 0.6 is 0 Å². The van der Waals surface area contributed by atoms with Gasteiger partial charge in [-0.2, -0.15) is 13.5 Å². The maximum atomic E-state index is 14.5. The maximum absolute atomic E-state index is 14.5. The number of rotatable bonds is 7. The second-order valence-electron chi connectivity index (χ2n) is 8.07. The van der Waals surface area contributed by atoms with Gasteiger partial charge in [0.1, 0.15) is 5.82 Å². The molecule has 2 aromatic heterocycles. The van der Waals surface area contributed by atoms with Crippen LogP contribution in [0.1, 0.15) is 44.2 Å². The minimum Gasteiger partial charge on any atom is -0.481 e. The smallest absolute Gasteiger partial charge is 0.333 e. The first-order valence-corrected chi connectivity index (χ1v) is 11.9. The number of benzene rings is 1. The SMILES string of the molecule is COc1cc(-c2cc(F)cc(C3CC3)c2NC(=O)NS(=O)(=O)c2ccn(C(C)C)n2)ccn1. The number of aromatic nitrogens is 3. The van der Waals surface area contributed by atoms with Crippen molar-refractivity contribution in [3.8, 4) is 17.0 Å². The summed E-state index contributed by atoms with van der Waals surface area (Å²) in [4.78, 5) is 16.8. The molecule has 2 heterocycles. The molecule has 1 aliphatic carbocycles. The van der Waals surface area contributed by atoms with Crippen LogP contribution in [0.5, 0.6) is 5.88 Å². The minimum atomic E-state index is -4.20. The van der Waals surface area contributed by atoms with Crippen LogP contribution < -0.4 is 14.8 Å². The number of urea groups is 1. The van der Waals surface area contributed by atoms with Crippen molar-refractivity contribution >= 4 is 21.7 Å². The van der Waals surface area contributed by atoms with E-state index in [9.17, 15) is 17.6 Å². The predicted octanol–water partition coefficient (Wildman–Crippen LogP) is 4.06. The summed E-state index contributed by atoms with van der Waals surface area (Å²) >= 11 is 0. The van der Waals surface area contributed by atoms with Gasteiger partial charge in [-0.3, -0.25) is 4.68 Å². The lowest BCUT2D eigenvalue weighted by atomic mass is 9.98. The van der Waals surface area contributed by atoms with Crippen LogP contribution in [0.4, 0.5) is 14.9 Å². The third-order valence-electron chi connectivity index (χ3n) is 5.26. The molecule has 174 valence electrons. The summed E-state index contributed by atoms with van der Waals surface area (Å²) in [7, 11) is -2.74. The molecule has 1 aromatic carbocycles. The molecule has 0 unspecified atom stereocenters. The molecule has 9 nitrogen and oxygen atoms in total. The molecule has 4 rings (SSSR count). The summed E-state index contributed by atoms with van der Waals surface area (Å²) < 4.78 is 48.4. The lowest BCUT2D eigenvalue weighted by Gasteiger charge is -2.17. The molecule has 11 heteroatoms. The van der Waals surface area contributed by atoms with E-state index in [1.165, 1.54) is 42.4 Å². The summed E-state index contributed by atoms with van der Waals surface area (Å²) in [6.45, 7) is 3.71. The van der Waals surface area contributed by atoms with Crippen LogP contribution in [0.3, 0.4) is 0 Å². The molecule has 2 N–H and O–H groups in total. The Morgan fingerprint density at radius 3 is 2.64 bits per heavy atom. The third kappa shape index (κ3) is 4.98. The van der Waals surface area contributed by atoms with Gasteiger partial charge in [0.05, 0.1) is 12.8 Å². The number of anilines is 1. The number of methoxy groups -OCH3 is 1. The van der Waals surface area contributed by atoms with E-state index in [0.717, 1.165) is 12.8 Å². The molecule has 33 heavy (non-hydrogen) atoms. The van der Waals surface area contributed by atoms with Gasteiger partial charge in [0, 0.05) is 30.1 Å². The standard InChI is InChI=1S/C22H24FN5O4S/c1-13(2)28-9-7-20(26-28)33(30,31)27-22(29)25-21-17(14-4-5-14)11-16(23)12-18(21)15-6-8-24-19(10-15)32-3/h6-14H,4-5H2,1-3H3,(H2,25,27,29). The molecule has 0 atom stereocenters. The van der Waals surface area contributed by atoms with Crippen LogP contribution in [0.15, 0.2) is 47.8 Å². The lowest BCUT2D eigenvalue weighted by Crippen LogP contribution is -2.35. The van der Waals surface area contributed by atoms with Crippen molar-refractivity contribution in [3.63, 3.8) is 0 Å². The molecule has 1 aliphatic rings. The number of halogens is 1. The first kappa shape index (κ1) is 22.7. The number of hydrogen-bond donors (Lipinski definition) is 2. The molecule has 0 radical (unpaired) electrons. The fourth-order valence-corrected chi connectivity index (χ4v) is 4.31. The highest BCUT2D eigenvalue weighted by molar-refractivity contribution is 7.90. The van der Waals surface area contributed by atoms with Crippen molar-refractivity contribution in [2.24, 2.45) is 0 Å². The number of carbonyl (C=O) groups excluding carboxylic acids is 1. The Bertz CT molecular complexity index is 1300. The van der Waals surface area contributed by atoms with E-state index in [4.69, 9.17) is 4.74 Å². The zero-order chi connectivity index (χ0) is 23.8. The van der Waals surface area contributed by atoms with Crippen LogP contribution in [0.2, 0.25) is 0 Å². The average Bonchev–Trinajstić information content (AvgIpc) is 3.48. The Morgan fingerprint density at radius 1 is 1.24 bits per heavy atom. The normalized spacial score (nSPS) is 13.7. The molecule has 0 bridgehead atoms. The molecule has 0 spiro atoms. The number of ether oxygens (including phenoxy) is 1. The Labute approximate surface area is 191 Å². The van der Waals surface area contributed by atoms with Gasteiger partial charge >= 0.3 is 6.03 Å². The topological polar surface area (TPSA) is 115 Å². The monoisotopic (exact) mass is 473 g/mol. The minimum absolute atomic E-state index is 0.0389. The van der Waals surface area contributed by atoms with E-state index in [0.29, 0.717) is 28.3 Å². The van der Waals surface area contributed by atoms with E-state index in [1.807, 2.05) is 18.6 Å². The fraction of sp³-hybridized carbons (Fsp3) is 0.318. The number of nitrogens with one attached hydrogen (secondary N) is 2. The number of amides is 2. The van der Waals surface area contributed by atoms with E-state index >= 15 is 0 Å². The molecule has 1 fully saturated rings. The second-order valence-corrected chi connectivity index (χ2v) is 9.70. The van der Waals surface area contributed by atoms with Gasteiger partial charge < -0.3 is 10.1 Å². The van der Waals surface area contributed by atoms with Crippen molar-refractivity contribution in [2.75, 3.05) is 12.4 Å². The van der Waals surface area contributed by atoms with Gasteiger partial charge in [0.2, 0.25) is 5.88 Å². The van der Waals surface area contributed by atoms with Gasteiger partial charge in [0.15, 0.2) is 5.03 Å². The zero-order valence-corrected chi connectivity index (χ0v) is 19.2. The molecule has 0 aliphatic heterocycles. The summed E-state index contributed by atoms with van der Waals surface area (Å²) in [5, 5.41) is 6.37. The molecule has 3 aromatic rings. The average molecular weight is 474 g/mol. The Morgan fingerprint density at radius 2 is 2.00 bits per heavy atom. The van der Waals surface area contributed by atoms with Crippen LogP contribution in [-0.4, -0.2) is 36.3 Å². The van der Waals surface area contributed by atoms with Gasteiger partial charge in [-0.1, -0.05) is 0 Å². The molecular weight excluding hydrogens is 449 g/mol. The first-order valence-electron chi connectivity index (χ1n) is 10.4. The van der Waals surface area contributed by atoms with Gasteiger partial charge in [-0.15, -0.1) is 0 Å². The number of hydrogen-bond acceptors (Lipinski definition) is 6. The maximum Gasteiger partial charge on any atom is 0.333 e. The Kier molecular flexibility index (Phi) is 6.07. The number of carbonyl (C=O) groups is 1. The fourth-order valence-electron chi connectivity index (χ4n) is 3.46. The highest BCUT2D eigenvalue weighted by Crippen LogP contribution is 2.47. The molecule has 1 saturated carbocycles. The highest BCUT2D eigenvalue weighted by atomic mass is 32.2. The van der Waals surface area contributed by atoms with Gasteiger partial charge in [0.25, 0.3) is 10.0 Å². The second kappa shape index (κ2) is 8.81. The first-order chi connectivity index (χ1) is 15.7. The lowest BCUT2D eigenvalue weighted by molar-refractivity contribution is 0.256. The van der Waals surface area contributed by atoms with Crippen molar-refractivity contribution in [1.82, 2.24) is 19.5 Å². The predicted molar refractivity (Wildman–Crippen MR) is 120 cm³/mol. The Hall–Kier alpha value is -3.47. The van der Waals surface area contributed by atoms with E-state index in [-0.39, 0.29) is 17.0 Å². The summed E-state index contributed by atoms with van der Waals surface area (Å²) in [5.41, 5.74) is 1.91. The summed E-state index contributed by atoms with van der Waals surface area (Å²) in [6, 6.07) is 6.24. The van der Waals surface area contributed by atoms with Crippen molar-refractivity contribution in [1.29, 1.82) is 0 Å². The number of sulfonamides is 1. The Balaban J connectivity index is 1.67. The van der Waals surface area contributed by atoms with Crippen molar-refractivity contribution in [2.45, 2.75) is 43.7 Å². The molecule has 0 saturated heterocycles. The largest absolute Gasteiger partial charge is 0.481 e. The summed E-state index contributed by atoms with van der Waals surface area (Å²) in [6.07, 6.45) is 4.74. The van der Waals surface area contributed by atoms with E-state index in [2.05, 4.69) is 15.4 Å². The zero-order valence-electron chi connectivity index (χ0n) is 18.4. The molecular formula is C22H24FN5O4S. The highest BCUT2D eigenvalue weighted by Gasteiger charge is 2.30. The quantitative estimate of drug-likeness (QED) is 0.535. The van der Waals surface area contributed by atoms with Crippen molar-refractivity contribution < 1.29 is 22.3 Å². The summed E-state index contributed by atoms with van der Waals surface area (Å²) in [5.74, 6) is -0.0548. The van der Waals surface area contributed by atoms with Crippen LogP contribution in [0, 0.1) is 5.82 Å².